The summed E-state index contributed by atoms with van der Waals surface area (Å²) in [5, 5.41) is 0.105. The van der Waals surface area contributed by atoms with Crippen LogP contribution in [0.5, 0.6) is 0 Å². The first-order valence-electron chi connectivity index (χ1n) is 5.87. The Hall–Kier alpha value is -0.980. The van der Waals surface area contributed by atoms with Crippen LogP contribution in [0.3, 0.4) is 0 Å². The number of halogens is 1. The molecule has 1 N–H and O–H groups in total. The number of hydrogen-bond acceptors (Lipinski definition) is 4. The number of rotatable bonds is 4. The number of aromatic nitrogens is 2. The zero-order valence-electron chi connectivity index (χ0n) is 10.0. The number of amides is 1. The Morgan fingerprint density at radius 2 is 2.42 bits per heavy atom. The van der Waals surface area contributed by atoms with E-state index in [-0.39, 0.29) is 11.3 Å². The van der Waals surface area contributed by atoms with Crippen LogP contribution < -0.4 is 0 Å². The van der Waals surface area contributed by atoms with Crippen molar-refractivity contribution in [2.45, 2.75) is 11.8 Å². The molecule has 1 unspecified atom stereocenters. The molecular formula is C12H12ClN3OS2. The SMILES string of the molecule is O=C1CSC(c2ccc(Cl)s2)N1CCc1cnc[nH]1. The minimum absolute atomic E-state index is 0.105. The molecule has 0 bridgehead atoms. The fourth-order valence-electron chi connectivity index (χ4n) is 2.05. The summed E-state index contributed by atoms with van der Waals surface area (Å²) in [7, 11) is 0. The van der Waals surface area contributed by atoms with Crippen molar-refractivity contribution in [3.05, 3.63) is 39.6 Å². The molecule has 1 aliphatic rings. The fourth-order valence-corrected chi connectivity index (χ4v) is 4.57. The van der Waals surface area contributed by atoms with Crippen LogP contribution in [0.4, 0.5) is 0 Å². The van der Waals surface area contributed by atoms with Crippen molar-refractivity contribution >= 4 is 40.6 Å². The van der Waals surface area contributed by atoms with Crippen LogP contribution >= 0.6 is 34.7 Å². The minimum Gasteiger partial charge on any atom is -0.348 e. The lowest BCUT2D eigenvalue weighted by Crippen LogP contribution is -2.30. The number of nitrogens with one attached hydrogen (secondary N) is 1. The molecule has 0 saturated carbocycles. The van der Waals surface area contributed by atoms with Crippen molar-refractivity contribution in [3.8, 4) is 0 Å². The number of thioether (sulfide) groups is 1. The molecule has 7 heteroatoms. The average Bonchev–Trinajstić information content (AvgIpc) is 3.08. The first-order valence-corrected chi connectivity index (χ1v) is 8.12. The van der Waals surface area contributed by atoms with E-state index < -0.39 is 0 Å². The lowest BCUT2D eigenvalue weighted by molar-refractivity contribution is -0.127. The third-order valence-corrected chi connectivity index (χ3v) is 5.65. The molecule has 1 saturated heterocycles. The van der Waals surface area contributed by atoms with Crippen LogP contribution in [0.1, 0.15) is 15.9 Å². The maximum Gasteiger partial charge on any atom is 0.233 e. The third-order valence-electron chi connectivity index (χ3n) is 2.98. The molecule has 19 heavy (non-hydrogen) atoms. The van der Waals surface area contributed by atoms with E-state index in [1.165, 1.54) is 0 Å². The Morgan fingerprint density at radius 3 is 3.11 bits per heavy atom. The summed E-state index contributed by atoms with van der Waals surface area (Å²) in [5.41, 5.74) is 1.05. The predicted octanol–water partition coefficient (Wildman–Crippen LogP) is 2.94. The maximum atomic E-state index is 12.0. The van der Waals surface area contributed by atoms with E-state index in [2.05, 4.69) is 9.97 Å². The quantitative estimate of drug-likeness (QED) is 0.944. The van der Waals surface area contributed by atoms with Crippen LogP contribution in [-0.2, 0) is 11.2 Å². The van der Waals surface area contributed by atoms with Crippen LogP contribution in [0.25, 0.3) is 0 Å². The van der Waals surface area contributed by atoms with Gasteiger partial charge in [-0.1, -0.05) is 11.6 Å². The summed E-state index contributed by atoms with van der Waals surface area (Å²) in [4.78, 5) is 22.1. The van der Waals surface area contributed by atoms with Crippen molar-refractivity contribution in [1.82, 2.24) is 14.9 Å². The van der Waals surface area contributed by atoms with Gasteiger partial charge in [0.05, 0.1) is 16.4 Å². The van der Waals surface area contributed by atoms with Crippen molar-refractivity contribution < 1.29 is 4.79 Å². The highest BCUT2D eigenvalue weighted by Crippen LogP contribution is 2.42. The summed E-state index contributed by atoms with van der Waals surface area (Å²) in [6.07, 6.45) is 4.25. The Morgan fingerprint density at radius 1 is 1.53 bits per heavy atom. The highest BCUT2D eigenvalue weighted by molar-refractivity contribution is 8.00. The monoisotopic (exact) mass is 313 g/mol. The van der Waals surface area contributed by atoms with Gasteiger partial charge in [-0.3, -0.25) is 4.79 Å². The highest BCUT2D eigenvalue weighted by Gasteiger charge is 2.33. The van der Waals surface area contributed by atoms with Crippen molar-refractivity contribution in [2.24, 2.45) is 0 Å². The molecular weight excluding hydrogens is 302 g/mol. The molecule has 1 fully saturated rings. The van der Waals surface area contributed by atoms with Gasteiger partial charge in [-0.15, -0.1) is 23.1 Å². The molecule has 3 rings (SSSR count). The second-order valence-electron chi connectivity index (χ2n) is 4.22. The van der Waals surface area contributed by atoms with E-state index in [0.29, 0.717) is 12.3 Å². The number of H-pyrrole nitrogens is 1. The number of aromatic amines is 1. The van der Waals surface area contributed by atoms with Gasteiger partial charge in [-0.2, -0.15) is 0 Å². The number of imidazole rings is 1. The third kappa shape index (κ3) is 2.80. The number of nitrogens with zero attached hydrogens (tertiary/aromatic N) is 2. The van der Waals surface area contributed by atoms with Gasteiger partial charge in [0.2, 0.25) is 5.91 Å². The molecule has 1 amide bonds. The maximum absolute atomic E-state index is 12.0. The Balaban J connectivity index is 1.71. The molecule has 1 aliphatic heterocycles. The van der Waals surface area contributed by atoms with E-state index in [1.807, 2.05) is 17.0 Å². The average molecular weight is 314 g/mol. The molecule has 4 nitrogen and oxygen atoms in total. The molecule has 0 radical (unpaired) electrons. The lowest BCUT2D eigenvalue weighted by Gasteiger charge is -2.22. The zero-order valence-corrected chi connectivity index (χ0v) is 12.4. The largest absolute Gasteiger partial charge is 0.348 e. The molecule has 2 aromatic heterocycles. The molecule has 0 aromatic carbocycles. The first-order chi connectivity index (χ1) is 9.24. The van der Waals surface area contributed by atoms with Gasteiger partial charge in [0.25, 0.3) is 0 Å². The highest BCUT2D eigenvalue weighted by atomic mass is 35.5. The molecule has 100 valence electrons. The topological polar surface area (TPSA) is 49.0 Å². The number of carbonyl (C=O) groups excluding carboxylic acids is 1. The van der Waals surface area contributed by atoms with Crippen molar-refractivity contribution in [1.29, 1.82) is 0 Å². The fraction of sp³-hybridized carbons (Fsp3) is 0.333. The molecule has 0 spiro atoms. The van der Waals surface area contributed by atoms with E-state index in [9.17, 15) is 4.79 Å². The normalized spacial score (nSPS) is 19.3. The van der Waals surface area contributed by atoms with Crippen LogP contribution in [0.15, 0.2) is 24.7 Å². The van der Waals surface area contributed by atoms with Crippen LogP contribution in [0.2, 0.25) is 4.34 Å². The van der Waals surface area contributed by atoms with E-state index >= 15 is 0 Å². The van der Waals surface area contributed by atoms with Gasteiger partial charge < -0.3 is 9.88 Å². The van der Waals surface area contributed by atoms with Crippen LogP contribution in [-0.4, -0.2) is 33.1 Å². The predicted molar refractivity (Wildman–Crippen MR) is 78.5 cm³/mol. The van der Waals surface area contributed by atoms with Crippen molar-refractivity contribution in [2.75, 3.05) is 12.3 Å². The van der Waals surface area contributed by atoms with Gasteiger partial charge in [-0.05, 0) is 12.1 Å². The van der Waals surface area contributed by atoms with Gasteiger partial charge in [0.15, 0.2) is 0 Å². The zero-order chi connectivity index (χ0) is 13.2. The van der Waals surface area contributed by atoms with E-state index in [4.69, 9.17) is 11.6 Å². The Bertz CT molecular complexity index is 569. The Labute approximate surface area is 124 Å². The summed E-state index contributed by atoms with van der Waals surface area (Å²) >= 11 is 9.18. The lowest BCUT2D eigenvalue weighted by atomic mass is 10.3. The smallest absolute Gasteiger partial charge is 0.233 e. The van der Waals surface area contributed by atoms with E-state index in [1.54, 1.807) is 35.6 Å². The standard InChI is InChI=1S/C12H12ClN3OS2/c13-10-2-1-9(19-10)12-16(11(17)6-18-12)4-3-8-5-14-7-15-8/h1-2,5,7,12H,3-4,6H2,(H,14,15). The van der Waals surface area contributed by atoms with Gasteiger partial charge in [0.1, 0.15) is 5.37 Å². The van der Waals surface area contributed by atoms with Gasteiger partial charge in [-0.25, -0.2) is 4.98 Å². The van der Waals surface area contributed by atoms with Gasteiger partial charge >= 0.3 is 0 Å². The van der Waals surface area contributed by atoms with Gasteiger partial charge in [0, 0.05) is 29.7 Å². The second kappa shape index (κ2) is 5.56. The number of hydrogen-bond donors (Lipinski definition) is 1. The van der Waals surface area contributed by atoms with Crippen molar-refractivity contribution in [3.63, 3.8) is 0 Å². The molecule has 2 aromatic rings. The Kier molecular flexibility index (Phi) is 3.81. The summed E-state index contributed by atoms with van der Waals surface area (Å²) in [5.74, 6) is 0.738. The molecule has 1 atom stereocenters. The summed E-state index contributed by atoms with van der Waals surface area (Å²) < 4.78 is 0.767. The number of thiophene rings is 1. The first kappa shape index (κ1) is 13.0. The van der Waals surface area contributed by atoms with Crippen LogP contribution in [0, 0.1) is 0 Å². The minimum atomic E-state index is 0.105. The van der Waals surface area contributed by atoms with E-state index in [0.717, 1.165) is 21.3 Å². The molecule has 3 heterocycles. The second-order valence-corrected chi connectivity index (χ2v) is 7.03. The number of carbonyl (C=O) groups is 1. The summed E-state index contributed by atoms with van der Waals surface area (Å²) in [6.45, 7) is 0.703. The molecule has 0 aliphatic carbocycles. The summed E-state index contributed by atoms with van der Waals surface area (Å²) in [6, 6.07) is 3.89.